The zero-order chi connectivity index (χ0) is 28.1. The Hall–Kier alpha value is -4.12. The maximum Gasteiger partial charge on any atom is 0.332 e. The van der Waals surface area contributed by atoms with Crippen molar-refractivity contribution >= 4 is 52.0 Å². The van der Waals surface area contributed by atoms with Crippen molar-refractivity contribution in [3.8, 4) is 11.8 Å². The van der Waals surface area contributed by atoms with E-state index in [1.165, 1.54) is 7.05 Å². The van der Waals surface area contributed by atoms with Gasteiger partial charge in [-0.2, -0.15) is 4.98 Å². The molecular formula is C25H25BN6O6S. The summed E-state index contributed by atoms with van der Waals surface area (Å²) < 4.78 is 27.4. The summed E-state index contributed by atoms with van der Waals surface area (Å²) in [6.07, 6.45) is 3.86. The van der Waals surface area contributed by atoms with Gasteiger partial charge in [-0.1, -0.05) is 11.8 Å². The van der Waals surface area contributed by atoms with Crippen molar-refractivity contribution in [1.29, 1.82) is 0 Å². The predicted octanol–water partition coefficient (Wildman–Crippen LogP) is 0.175. The normalized spacial score (nSPS) is 15.0. The Balaban J connectivity index is 1.53. The highest BCUT2D eigenvalue weighted by Gasteiger charge is 2.31. The maximum absolute atomic E-state index is 13.0. The minimum atomic E-state index is -3.81. The zero-order valence-corrected chi connectivity index (χ0v) is 22.2. The summed E-state index contributed by atoms with van der Waals surface area (Å²) in [5.41, 5.74) is -0.366. The molecular weight excluding hydrogens is 523 g/mol. The average Bonchev–Trinajstić information content (AvgIpc) is 3.77. The first-order valence-electron chi connectivity index (χ1n) is 12.3. The van der Waals surface area contributed by atoms with Crippen molar-refractivity contribution < 1.29 is 18.0 Å². The number of sulfone groups is 1. The Morgan fingerprint density at radius 2 is 1.59 bits per heavy atom. The van der Waals surface area contributed by atoms with E-state index in [1.807, 2.05) is 0 Å². The van der Waals surface area contributed by atoms with E-state index in [1.54, 1.807) is 18.2 Å². The number of nitrogens with zero attached hydrogens (tertiary/aromatic N) is 4. The molecule has 5 rings (SSSR count). The van der Waals surface area contributed by atoms with Crippen LogP contribution in [0.15, 0.2) is 32.9 Å². The molecule has 0 unspecified atom stereocenters. The molecule has 0 aliphatic heterocycles. The van der Waals surface area contributed by atoms with E-state index in [2.05, 4.69) is 27.5 Å². The van der Waals surface area contributed by atoms with Crippen molar-refractivity contribution in [1.82, 2.24) is 18.7 Å². The van der Waals surface area contributed by atoms with Crippen LogP contribution in [-0.4, -0.2) is 53.0 Å². The Bertz CT molecular complexity index is 1780. The van der Waals surface area contributed by atoms with Crippen LogP contribution in [0.25, 0.3) is 11.2 Å². The molecule has 2 aliphatic rings. The number of hydrogen-bond acceptors (Lipinski definition) is 7. The van der Waals surface area contributed by atoms with Gasteiger partial charge in [0.25, 0.3) is 5.56 Å². The summed E-state index contributed by atoms with van der Waals surface area (Å²) in [6, 6.07) is 4.97. The topological polar surface area (TPSA) is 154 Å². The number of benzene rings is 1. The van der Waals surface area contributed by atoms with Gasteiger partial charge < -0.3 is 15.2 Å². The van der Waals surface area contributed by atoms with Crippen LogP contribution >= 0.6 is 0 Å². The SMILES string of the molecule is [B]Cn1c(=O)c2c(nc(S(C)(=O)=O)n2C)n(CC#Cc2cc(NC(=O)C3CC3)cc(NC(=O)C3CC3)c2)c1=O. The third kappa shape index (κ3) is 5.40. The molecule has 2 N–H and O–H groups in total. The van der Waals surface area contributed by atoms with E-state index in [0.717, 1.165) is 45.6 Å². The first kappa shape index (κ1) is 26.5. The predicted molar refractivity (Wildman–Crippen MR) is 144 cm³/mol. The average molecular weight is 548 g/mol. The number of fused-ring (bicyclic) bond motifs is 1. The fourth-order valence-electron chi connectivity index (χ4n) is 4.22. The van der Waals surface area contributed by atoms with E-state index in [9.17, 15) is 27.6 Å². The first-order valence-corrected chi connectivity index (χ1v) is 14.2. The van der Waals surface area contributed by atoms with Crippen LogP contribution in [-0.2, 0) is 39.5 Å². The maximum atomic E-state index is 13.0. The molecule has 1 aromatic carbocycles. The summed E-state index contributed by atoms with van der Waals surface area (Å²) >= 11 is 0. The highest BCUT2D eigenvalue weighted by molar-refractivity contribution is 7.90. The molecule has 14 heteroatoms. The summed E-state index contributed by atoms with van der Waals surface area (Å²) in [4.78, 5) is 54.6. The second kappa shape index (κ2) is 9.89. The van der Waals surface area contributed by atoms with E-state index in [-0.39, 0.29) is 46.5 Å². The van der Waals surface area contributed by atoms with Crippen LogP contribution in [0, 0.1) is 23.7 Å². The van der Waals surface area contributed by atoms with E-state index < -0.39 is 27.5 Å². The number of anilines is 2. The molecule has 39 heavy (non-hydrogen) atoms. The van der Waals surface area contributed by atoms with Crippen LogP contribution in [0.3, 0.4) is 0 Å². The molecule has 0 atom stereocenters. The summed E-state index contributed by atoms with van der Waals surface area (Å²) in [5, 5.41) is 5.33. The van der Waals surface area contributed by atoms with Gasteiger partial charge in [0.05, 0.1) is 14.4 Å². The minimum absolute atomic E-state index is 0.0213. The summed E-state index contributed by atoms with van der Waals surface area (Å²) in [5.74, 6) is 5.53. The Labute approximate surface area is 224 Å². The molecule has 2 heterocycles. The van der Waals surface area contributed by atoms with Crippen molar-refractivity contribution in [3.05, 3.63) is 44.6 Å². The number of aryl methyl sites for hydroxylation is 1. The van der Waals surface area contributed by atoms with Gasteiger partial charge in [0, 0.05) is 42.1 Å². The van der Waals surface area contributed by atoms with Gasteiger partial charge in [0.1, 0.15) is 0 Å². The van der Waals surface area contributed by atoms with Crippen LogP contribution in [0.1, 0.15) is 31.2 Å². The van der Waals surface area contributed by atoms with Crippen molar-refractivity contribution in [3.63, 3.8) is 0 Å². The molecule has 200 valence electrons. The smallest absolute Gasteiger partial charge is 0.326 e. The number of imidazole rings is 1. The second-order valence-corrected chi connectivity index (χ2v) is 11.7. The van der Waals surface area contributed by atoms with Crippen LogP contribution in [0.2, 0.25) is 0 Å². The summed E-state index contributed by atoms with van der Waals surface area (Å²) in [7, 11) is 3.20. The highest BCUT2D eigenvalue weighted by Crippen LogP contribution is 2.32. The lowest BCUT2D eigenvalue weighted by molar-refractivity contribution is -0.118. The Morgan fingerprint density at radius 3 is 2.08 bits per heavy atom. The number of hydrogen-bond donors (Lipinski definition) is 2. The van der Waals surface area contributed by atoms with Gasteiger partial charge in [-0.15, -0.1) is 0 Å². The summed E-state index contributed by atoms with van der Waals surface area (Å²) in [6.45, 7) is -0.238. The largest absolute Gasteiger partial charge is 0.332 e. The molecule has 0 bridgehead atoms. The third-order valence-corrected chi connectivity index (χ3v) is 7.58. The minimum Gasteiger partial charge on any atom is -0.326 e. The molecule has 2 amide bonds. The number of aromatic nitrogens is 4. The molecule has 2 saturated carbocycles. The standard InChI is InChI=1S/C25H25BN6O6S/c1-30-19-20(29-24(30)39(2,37)38)31(25(36)32(13-26)23(19)35)9-3-4-14-10-17(27-21(33)15-5-6-15)12-18(11-14)28-22(34)16-7-8-16/h10-12,15-16H,5-9,13H2,1-2H3,(H,27,33)(H,28,34). The van der Waals surface area contributed by atoms with E-state index in [4.69, 9.17) is 7.85 Å². The lowest BCUT2D eigenvalue weighted by Crippen LogP contribution is -2.40. The zero-order valence-electron chi connectivity index (χ0n) is 21.4. The lowest BCUT2D eigenvalue weighted by Gasteiger charge is -2.10. The first-order chi connectivity index (χ1) is 18.5. The monoisotopic (exact) mass is 548 g/mol. The molecule has 3 aromatic rings. The van der Waals surface area contributed by atoms with Gasteiger partial charge in [-0.25, -0.2) is 13.2 Å². The number of nitrogens with one attached hydrogen (secondary N) is 2. The fraction of sp³-hybridized carbons (Fsp3) is 0.400. The Morgan fingerprint density at radius 1 is 1.03 bits per heavy atom. The fourth-order valence-corrected chi connectivity index (χ4v) is 5.06. The number of amides is 2. The molecule has 12 nitrogen and oxygen atoms in total. The van der Waals surface area contributed by atoms with E-state index in [0.29, 0.717) is 16.9 Å². The van der Waals surface area contributed by atoms with Crippen LogP contribution in [0.4, 0.5) is 11.4 Å². The van der Waals surface area contributed by atoms with Gasteiger partial charge in [-0.05, 0) is 50.3 Å². The Kier molecular flexibility index (Phi) is 6.71. The number of rotatable bonds is 7. The second-order valence-electron chi connectivity index (χ2n) is 9.81. The molecule has 2 aliphatic carbocycles. The van der Waals surface area contributed by atoms with Crippen molar-refractivity contribution in [2.75, 3.05) is 16.9 Å². The number of carbonyl (C=O) groups excluding carboxylic acids is 2. The van der Waals surface area contributed by atoms with Gasteiger partial charge in [-0.3, -0.25) is 23.5 Å². The van der Waals surface area contributed by atoms with Crippen molar-refractivity contribution in [2.24, 2.45) is 18.9 Å². The molecule has 2 aromatic heterocycles. The van der Waals surface area contributed by atoms with Gasteiger partial charge in [0.15, 0.2) is 11.2 Å². The van der Waals surface area contributed by atoms with Crippen LogP contribution in [0.5, 0.6) is 0 Å². The molecule has 2 radical (unpaired) electrons. The van der Waals surface area contributed by atoms with E-state index >= 15 is 0 Å². The quantitative estimate of drug-likeness (QED) is 0.315. The highest BCUT2D eigenvalue weighted by atomic mass is 32.2. The van der Waals surface area contributed by atoms with Gasteiger partial charge >= 0.3 is 5.69 Å². The van der Waals surface area contributed by atoms with Crippen LogP contribution < -0.4 is 21.9 Å². The number of carbonyl (C=O) groups is 2. The molecule has 0 spiro atoms. The van der Waals surface area contributed by atoms with Crippen molar-refractivity contribution in [2.45, 2.75) is 43.8 Å². The van der Waals surface area contributed by atoms with Gasteiger partial charge in [0.2, 0.25) is 26.8 Å². The lowest BCUT2D eigenvalue weighted by atomic mass is 10.1. The molecule has 0 saturated heterocycles. The molecule has 2 fully saturated rings. The third-order valence-electron chi connectivity index (χ3n) is 6.55.